The van der Waals surface area contributed by atoms with Crippen molar-refractivity contribution in [3.8, 4) is 5.88 Å². The van der Waals surface area contributed by atoms with Crippen molar-refractivity contribution in [2.45, 2.75) is 6.92 Å². The summed E-state index contributed by atoms with van der Waals surface area (Å²) in [7, 11) is 0. The van der Waals surface area contributed by atoms with Crippen LogP contribution in [0, 0.1) is 0 Å². The molecule has 0 aliphatic carbocycles. The Morgan fingerprint density at radius 3 is 3.00 bits per heavy atom. The first-order chi connectivity index (χ1) is 7.19. The number of hydrogen-bond donors (Lipinski definition) is 2. The Morgan fingerprint density at radius 1 is 1.73 bits per heavy atom. The molecule has 0 radical (unpaired) electrons. The van der Waals surface area contributed by atoms with E-state index in [0.29, 0.717) is 12.9 Å². The number of nitrogen functional groups attached to an aromatic ring is 1. The number of hydroxylamine groups is 1. The van der Waals surface area contributed by atoms with Gasteiger partial charge in [-0.15, -0.1) is 0 Å². The number of nitrogens with zero attached hydrogens (tertiary/aromatic N) is 3. The molecule has 7 nitrogen and oxygen atoms in total. The molecule has 0 spiro atoms. The molecule has 15 heavy (non-hydrogen) atoms. The second-order valence-corrected chi connectivity index (χ2v) is 2.59. The summed E-state index contributed by atoms with van der Waals surface area (Å²) in [5.74, 6) is -0.244. The number of rotatable bonds is 5. The maximum absolute atomic E-state index is 10.4. The Bertz CT molecular complexity index is 345. The smallest absolute Gasteiger partial charge is 0.253 e. The maximum atomic E-state index is 10.4. The molecule has 1 rings (SSSR count). The summed E-state index contributed by atoms with van der Waals surface area (Å²) in [5.41, 5.74) is 5.40. The number of aromatic nitrogens is 2. The third-order valence-electron chi connectivity index (χ3n) is 1.53. The van der Waals surface area contributed by atoms with E-state index in [4.69, 9.17) is 10.6 Å². The van der Waals surface area contributed by atoms with Gasteiger partial charge in [0.1, 0.15) is 18.5 Å². The van der Waals surface area contributed by atoms with Crippen molar-refractivity contribution in [1.82, 2.24) is 9.97 Å². The Morgan fingerprint density at radius 2 is 2.47 bits per heavy atom. The molecule has 0 saturated carbocycles. The molecule has 0 aromatic carbocycles. The summed E-state index contributed by atoms with van der Waals surface area (Å²) in [6.45, 7) is 2.11. The summed E-state index contributed by atoms with van der Waals surface area (Å²) in [5, 5.41) is 10.4. The van der Waals surface area contributed by atoms with E-state index < -0.39 is 0 Å². The van der Waals surface area contributed by atoms with Crippen LogP contribution in [-0.4, -0.2) is 34.5 Å². The standard InChI is InChI=1S/C8H12N4O3/c1-2-15-12(3-4-13)8-10-5-6(9)7(14)11-8/h4-5H,2-3,9H2,1H3,(H,10,11,14). The fourth-order valence-corrected chi connectivity index (χ4v) is 0.909. The van der Waals surface area contributed by atoms with Gasteiger partial charge in [-0.1, -0.05) is 0 Å². The van der Waals surface area contributed by atoms with Gasteiger partial charge < -0.3 is 15.6 Å². The van der Waals surface area contributed by atoms with Gasteiger partial charge in [0.05, 0.1) is 12.8 Å². The van der Waals surface area contributed by atoms with E-state index in [1.807, 2.05) is 0 Å². The lowest BCUT2D eigenvalue weighted by molar-refractivity contribution is -0.107. The monoisotopic (exact) mass is 212 g/mol. The Kier molecular flexibility index (Phi) is 3.81. The molecule has 1 aromatic rings. The summed E-state index contributed by atoms with van der Waals surface area (Å²) in [6, 6.07) is 0. The van der Waals surface area contributed by atoms with Gasteiger partial charge in [0.2, 0.25) is 5.88 Å². The van der Waals surface area contributed by atoms with E-state index in [1.165, 1.54) is 11.3 Å². The number of aldehydes is 1. The Balaban J connectivity index is 2.89. The highest BCUT2D eigenvalue weighted by Crippen LogP contribution is 2.18. The lowest BCUT2D eigenvalue weighted by Crippen LogP contribution is -2.27. The summed E-state index contributed by atoms with van der Waals surface area (Å²) in [6.07, 6.45) is 1.89. The van der Waals surface area contributed by atoms with Gasteiger partial charge >= 0.3 is 0 Å². The van der Waals surface area contributed by atoms with Crippen LogP contribution in [0.15, 0.2) is 6.20 Å². The van der Waals surface area contributed by atoms with Gasteiger partial charge in [-0.05, 0) is 6.92 Å². The molecule has 0 unspecified atom stereocenters. The molecule has 0 aliphatic rings. The fraction of sp³-hybridized carbons (Fsp3) is 0.375. The number of carbonyl (C=O) groups is 1. The van der Waals surface area contributed by atoms with Crippen LogP contribution < -0.4 is 10.8 Å². The lowest BCUT2D eigenvalue weighted by atomic mass is 10.5. The van der Waals surface area contributed by atoms with Crippen LogP contribution in [0.25, 0.3) is 0 Å². The second kappa shape index (κ2) is 5.11. The quantitative estimate of drug-likeness (QED) is 0.511. The molecule has 1 aromatic heterocycles. The van der Waals surface area contributed by atoms with Crippen molar-refractivity contribution in [2.24, 2.45) is 0 Å². The molecule has 7 heteroatoms. The van der Waals surface area contributed by atoms with Crippen LogP contribution in [-0.2, 0) is 9.63 Å². The Hall–Kier alpha value is -1.89. The van der Waals surface area contributed by atoms with Crippen LogP contribution >= 0.6 is 0 Å². The van der Waals surface area contributed by atoms with Gasteiger partial charge in [0, 0.05) is 0 Å². The minimum Gasteiger partial charge on any atom is -0.492 e. The molecular formula is C8H12N4O3. The molecule has 0 amide bonds. The van der Waals surface area contributed by atoms with Crippen molar-refractivity contribution in [1.29, 1.82) is 0 Å². The Labute approximate surface area is 86.5 Å². The van der Waals surface area contributed by atoms with Crippen LogP contribution in [0.4, 0.5) is 11.6 Å². The zero-order valence-electron chi connectivity index (χ0n) is 8.25. The second-order valence-electron chi connectivity index (χ2n) is 2.59. The van der Waals surface area contributed by atoms with E-state index >= 15 is 0 Å². The van der Waals surface area contributed by atoms with E-state index in [1.54, 1.807) is 6.92 Å². The third-order valence-corrected chi connectivity index (χ3v) is 1.53. The minimum absolute atomic E-state index is 0.0167. The van der Waals surface area contributed by atoms with E-state index in [-0.39, 0.29) is 24.1 Å². The number of anilines is 2. The summed E-state index contributed by atoms with van der Waals surface area (Å²) >= 11 is 0. The van der Waals surface area contributed by atoms with Crippen LogP contribution in [0.5, 0.6) is 5.88 Å². The van der Waals surface area contributed by atoms with Crippen LogP contribution in [0.2, 0.25) is 0 Å². The van der Waals surface area contributed by atoms with Crippen LogP contribution in [0.1, 0.15) is 6.92 Å². The highest BCUT2D eigenvalue weighted by Gasteiger charge is 2.11. The summed E-state index contributed by atoms with van der Waals surface area (Å²) < 4.78 is 0. The van der Waals surface area contributed by atoms with Crippen molar-refractivity contribution in [3.05, 3.63) is 6.20 Å². The predicted octanol–water partition coefficient (Wildman–Crippen LogP) is -0.279. The average molecular weight is 212 g/mol. The van der Waals surface area contributed by atoms with Gasteiger partial charge in [-0.3, -0.25) is 4.84 Å². The average Bonchev–Trinajstić information content (AvgIpc) is 2.22. The lowest BCUT2D eigenvalue weighted by Gasteiger charge is -2.18. The molecule has 3 N–H and O–H groups in total. The minimum atomic E-state index is -0.337. The normalized spacial score (nSPS) is 9.93. The first-order valence-corrected chi connectivity index (χ1v) is 4.34. The molecule has 0 bridgehead atoms. The van der Waals surface area contributed by atoms with Crippen molar-refractivity contribution < 1.29 is 14.7 Å². The molecule has 1 heterocycles. The number of hydrogen-bond acceptors (Lipinski definition) is 7. The largest absolute Gasteiger partial charge is 0.492 e. The highest BCUT2D eigenvalue weighted by atomic mass is 16.7. The zero-order chi connectivity index (χ0) is 11.3. The molecular weight excluding hydrogens is 200 g/mol. The van der Waals surface area contributed by atoms with Gasteiger partial charge in [0.25, 0.3) is 5.95 Å². The molecule has 0 atom stereocenters. The van der Waals surface area contributed by atoms with Crippen molar-refractivity contribution in [3.63, 3.8) is 0 Å². The topological polar surface area (TPSA) is 102 Å². The zero-order valence-corrected chi connectivity index (χ0v) is 8.25. The van der Waals surface area contributed by atoms with Crippen molar-refractivity contribution in [2.75, 3.05) is 23.9 Å². The molecule has 82 valence electrons. The van der Waals surface area contributed by atoms with Gasteiger partial charge in [-0.25, -0.2) is 10.0 Å². The third kappa shape index (κ3) is 2.78. The van der Waals surface area contributed by atoms with Crippen LogP contribution in [0.3, 0.4) is 0 Å². The molecule has 0 saturated heterocycles. The van der Waals surface area contributed by atoms with E-state index in [0.717, 1.165) is 0 Å². The van der Waals surface area contributed by atoms with Crippen molar-refractivity contribution >= 4 is 17.9 Å². The molecule has 0 fully saturated rings. The maximum Gasteiger partial charge on any atom is 0.253 e. The molecule has 0 aliphatic heterocycles. The van der Waals surface area contributed by atoms with Gasteiger partial charge in [0.15, 0.2) is 0 Å². The predicted molar refractivity (Wildman–Crippen MR) is 53.1 cm³/mol. The fourth-order valence-electron chi connectivity index (χ4n) is 0.909. The highest BCUT2D eigenvalue weighted by molar-refractivity contribution is 5.57. The van der Waals surface area contributed by atoms with E-state index in [9.17, 15) is 9.90 Å². The number of aromatic hydroxyl groups is 1. The number of nitrogens with two attached hydrogens (primary N) is 1. The first-order valence-electron chi connectivity index (χ1n) is 4.34. The first kappa shape index (κ1) is 11.2. The summed E-state index contributed by atoms with van der Waals surface area (Å²) in [4.78, 5) is 22.9. The van der Waals surface area contributed by atoms with Gasteiger partial charge in [-0.2, -0.15) is 4.98 Å². The van der Waals surface area contributed by atoms with E-state index in [2.05, 4.69) is 9.97 Å². The SMILES string of the molecule is CCON(CC=O)c1ncc(N)c(O)n1. The number of carbonyl (C=O) groups excluding carboxylic acids is 1.